The van der Waals surface area contributed by atoms with E-state index in [1.165, 1.54) is 5.52 Å². The van der Waals surface area contributed by atoms with Crippen LogP contribution in [0.15, 0.2) is 30.5 Å². The molecule has 1 heterocycles. The molecule has 4 nitrogen and oxygen atoms in total. The summed E-state index contributed by atoms with van der Waals surface area (Å²) in [5, 5.41) is 14.3. The van der Waals surface area contributed by atoms with E-state index >= 15 is 0 Å². The van der Waals surface area contributed by atoms with Crippen molar-refractivity contribution in [2.24, 2.45) is 0 Å². The fourth-order valence-corrected chi connectivity index (χ4v) is 3.43. The molecule has 3 rings (SSSR count). The molecule has 2 N–H and O–H groups in total. The first-order valence-electron chi connectivity index (χ1n) is 8.17. The van der Waals surface area contributed by atoms with E-state index in [0.717, 1.165) is 43.2 Å². The monoisotopic (exact) mass is 300 g/mol. The quantitative estimate of drug-likeness (QED) is 0.892. The summed E-state index contributed by atoms with van der Waals surface area (Å²) in [7, 11) is 0. The minimum absolute atomic E-state index is 0.0145. The van der Waals surface area contributed by atoms with E-state index in [4.69, 9.17) is 0 Å². The van der Waals surface area contributed by atoms with Gasteiger partial charge in [0.05, 0.1) is 12.0 Å². The summed E-state index contributed by atoms with van der Waals surface area (Å²) in [5.41, 5.74) is 1.53. The Morgan fingerprint density at radius 1 is 1.32 bits per heavy atom. The van der Waals surface area contributed by atoms with Gasteiger partial charge in [0.2, 0.25) is 5.91 Å². The molecule has 0 saturated heterocycles. The van der Waals surface area contributed by atoms with Gasteiger partial charge in [0, 0.05) is 30.2 Å². The summed E-state index contributed by atoms with van der Waals surface area (Å²) in [4.78, 5) is 12.2. The van der Waals surface area contributed by atoms with Gasteiger partial charge >= 0.3 is 0 Å². The van der Waals surface area contributed by atoms with Gasteiger partial charge < -0.3 is 15.0 Å². The van der Waals surface area contributed by atoms with Crippen molar-refractivity contribution in [1.82, 2.24) is 9.88 Å². The molecule has 4 heteroatoms. The average molecular weight is 300 g/mol. The van der Waals surface area contributed by atoms with Crippen LogP contribution in [0.2, 0.25) is 0 Å². The Morgan fingerprint density at radius 3 is 2.77 bits per heavy atom. The number of carbonyl (C=O) groups excluding carboxylic acids is 1. The molecular weight excluding hydrogens is 276 g/mol. The zero-order chi connectivity index (χ0) is 15.6. The lowest BCUT2D eigenvalue weighted by Gasteiger charge is -2.22. The Hall–Kier alpha value is -1.81. The first-order chi connectivity index (χ1) is 10.6. The van der Waals surface area contributed by atoms with Gasteiger partial charge in [0.1, 0.15) is 0 Å². The normalized spacial score (nSPS) is 17.0. The van der Waals surface area contributed by atoms with Gasteiger partial charge in [-0.15, -0.1) is 0 Å². The van der Waals surface area contributed by atoms with E-state index in [2.05, 4.69) is 35.1 Å². The third-order valence-electron chi connectivity index (χ3n) is 4.71. The highest BCUT2D eigenvalue weighted by Gasteiger charge is 2.31. The number of aliphatic hydroxyl groups is 1. The van der Waals surface area contributed by atoms with Crippen molar-refractivity contribution >= 4 is 16.8 Å². The Bertz CT molecular complexity index is 669. The highest BCUT2D eigenvalue weighted by atomic mass is 16.3. The SMILES string of the molecule is CCn1cc(CC(=O)NCC2(O)CCCC2)c2ccccc21. The first kappa shape index (κ1) is 15.1. The Morgan fingerprint density at radius 2 is 2.05 bits per heavy atom. The fourth-order valence-electron chi connectivity index (χ4n) is 3.43. The predicted octanol–water partition coefficient (Wildman–Crippen LogP) is 2.62. The maximum absolute atomic E-state index is 12.2. The Labute approximate surface area is 131 Å². The minimum atomic E-state index is -0.687. The maximum Gasteiger partial charge on any atom is 0.224 e. The van der Waals surface area contributed by atoms with Crippen LogP contribution in [0.5, 0.6) is 0 Å². The molecule has 1 fully saturated rings. The molecular formula is C18H24N2O2. The second kappa shape index (κ2) is 6.13. The molecule has 1 amide bonds. The average Bonchev–Trinajstić information content (AvgIpc) is 3.11. The number of amides is 1. The van der Waals surface area contributed by atoms with Gasteiger partial charge in [0.15, 0.2) is 0 Å². The lowest BCUT2D eigenvalue weighted by atomic mass is 10.0. The van der Waals surface area contributed by atoms with Crippen molar-refractivity contribution in [3.05, 3.63) is 36.0 Å². The molecule has 0 unspecified atom stereocenters. The number of para-hydroxylation sites is 1. The van der Waals surface area contributed by atoms with E-state index in [1.54, 1.807) is 0 Å². The molecule has 1 saturated carbocycles. The Balaban J connectivity index is 1.69. The van der Waals surface area contributed by atoms with Crippen LogP contribution in [0.4, 0.5) is 0 Å². The van der Waals surface area contributed by atoms with Crippen LogP contribution in [-0.2, 0) is 17.8 Å². The number of hydrogen-bond acceptors (Lipinski definition) is 2. The van der Waals surface area contributed by atoms with Crippen molar-refractivity contribution in [1.29, 1.82) is 0 Å². The van der Waals surface area contributed by atoms with Gasteiger partial charge in [-0.05, 0) is 31.4 Å². The fraction of sp³-hybridized carbons (Fsp3) is 0.500. The first-order valence-corrected chi connectivity index (χ1v) is 8.17. The lowest BCUT2D eigenvalue weighted by Crippen LogP contribution is -2.41. The highest BCUT2D eigenvalue weighted by Crippen LogP contribution is 2.28. The molecule has 118 valence electrons. The van der Waals surface area contributed by atoms with Crippen LogP contribution in [0.1, 0.15) is 38.2 Å². The van der Waals surface area contributed by atoms with E-state index < -0.39 is 5.60 Å². The van der Waals surface area contributed by atoms with Crippen LogP contribution in [-0.4, -0.2) is 27.7 Å². The van der Waals surface area contributed by atoms with Crippen LogP contribution in [0, 0.1) is 0 Å². The summed E-state index contributed by atoms with van der Waals surface area (Å²) in [6, 6.07) is 8.18. The number of benzene rings is 1. The standard InChI is InChI=1S/C18H24N2O2/c1-2-20-12-14(15-7-3-4-8-16(15)20)11-17(21)19-13-18(22)9-5-6-10-18/h3-4,7-8,12,22H,2,5-6,9-11,13H2,1H3,(H,19,21). The second-order valence-corrected chi connectivity index (χ2v) is 6.34. The van der Waals surface area contributed by atoms with E-state index in [9.17, 15) is 9.90 Å². The van der Waals surface area contributed by atoms with Gasteiger partial charge in [-0.25, -0.2) is 0 Å². The van der Waals surface area contributed by atoms with Crippen molar-refractivity contribution in [3.63, 3.8) is 0 Å². The summed E-state index contributed by atoms with van der Waals surface area (Å²) in [6.45, 7) is 3.37. The lowest BCUT2D eigenvalue weighted by molar-refractivity contribution is -0.121. The van der Waals surface area contributed by atoms with E-state index in [0.29, 0.717) is 13.0 Å². The molecule has 0 aliphatic heterocycles. The minimum Gasteiger partial charge on any atom is -0.388 e. The van der Waals surface area contributed by atoms with Crippen molar-refractivity contribution < 1.29 is 9.90 Å². The van der Waals surface area contributed by atoms with Crippen LogP contribution in [0.25, 0.3) is 10.9 Å². The molecule has 0 bridgehead atoms. The molecule has 0 radical (unpaired) electrons. The molecule has 1 aliphatic carbocycles. The van der Waals surface area contributed by atoms with Crippen LogP contribution >= 0.6 is 0 Å². The molecule has 1 aromatic heterocycles. The summed E-state index contributed by atoms with van der Waals surface area (Å²) in [6.07, 6.45) is 6.12. The van der Waals surface area contributed by atoms with Gasteiger partial charge in [-0.1, -0.05) is 31.0 Å². The smallest absolute Gasteiger partial charge is 0.224 e. The second-order valence-electron chi connectivity index (χ2n) is 6.34. The molecule has 1 aromatic carbocycles. The topological polar surface area (TPSA) is 54.3 Å². The van der Waals surface area contributed by atoms with Gasteiger partial charge in [-0.3, -0.25) is 4.79 Å². The highest BCUT2D eigenvalue weighted by molar-refractivity contribution is 5.89. The Kier molecular flexibility index (Phi) is 4.21. The zero-order valence-corrected chi connectivity index (χ0v) is 13.1. The van der Waals surface area contributed by atoms with Crippen molar-refractivity contribution in [2.75, 3.05) is 6.54 Å². The molecule has 1 aliphatic rings. The number of nitrogens with zero attached hydrogens (tertiary/aromatic N) is 1. The number of nitrogens with one attached hydrogen (secondary N) is 1. The molecule has 2 aromatic rings. The van der Waals surface area contributed by atoms with Crippen LogP contribution in [0.3, 0.4) is 0 Å². The molecule has 0 atom stereocenters. The summed E-state index contributed by atoms with van der Waals surface area (Å²) in [5.74, 6) is -0.0145. The number of rotatable bonds is 5. The van der Waals surface area contributed by atoms with Gasteiger partial charge in [-0.2, -0.15) is 0 Å². The summed E-state index contributed by atoms with van der Waals surface area (Å²) >= 11 is 0. The van der Waals surface area contributed by atoms with Gasteiger partial charge in [0.25, 0.3) is 0 Å². The maximum atomic E-state index is 12.2. The predicted molar refractivity (Wildman–Crippen MR) is 87.7 cm³/mol. The summed E-state index contributed by atoms with van der Waals surface area (Å²) < 4.78 is 2.17. The molecule has 0 spiro atoms. The van der Waals surface area contributed by atoms with Crippen molar-refractivity contribution in [2.45, 2.75) is 51.2 Å². The number of fused-ring (bicyclic) bond motifs is 1. The number of aryl methyl sites for hydroxylation is 1. The van der Waals surface area contributed by atoms with Crippen molar-refractivity contribution in [3.8, 4) is 0 Å². The third-order valence-corrected chi connectivity index (χ3v) is 4.71. The number of carbonyl (C=O) groups is 1. The number of aromatic nitrogens is 1. The third kappa shape index (κ3) is 3.02. The largest absolute Gasteiger partial charge is 0.388 e. The molecule has 22 heavy (non-hydrogen) atoms. The zero-order valence-electron chi connectivity index (χ0n) is 13.1. The van der Waals surface area contributed by atoms with Crippen LogP contribution < -0.4 is 5.32 Å². The number of hydrogen-bond donors (Lipinski definition) is 2. The van der Waals surface area contributed by atoms with E-state index in [1.807, 2.05) is 12.1 Å². The van der Waals surface area contributed by atoms with E-state index in [-0.39, 0.29) is 5.91 Å².